The second-order valence-corrected chi connectivity index (χ2v) is 16.8. The number of nitrogens with two attached hydrogens (primary N) is 2. The van der Waals surface area contributed by atoms with E-state index < -0.39 is 23.6 Å². The van der Waals surface area contributed by atoms with E-state index in [2.05, 4.69) is 26.6 Å². The summed E-state index contributed by atoms with van der Waals surface area (Å²) >= 11 is 0. The summed E-state index contributed by atoms with van der Waals surface area (Å²) in [6, 6.07) is 8.57. The molecule has 9 N–H and O–H groups in total. The summed E-state index contributed by atoms with van der Waals surface area (Å²) in [4.78, 5) is 80.1. The van der Waals surface area contributed by atoms with Gasteiger partial charge in [0.05, 0.1) is 76.0 Å². The molecule has 5 rings (SSSR count). The number of carbonyl (C=O) groups is 6. The van der Waals surface area contributed by atoms with Crippen LogP contribution in [-0.4, -0.2) is 122 Å². The van der Waals surface area contributed by atoms with Crippen LogP contribution in [0.1, 0.15) is 133 Å². The first kappa shape index (κ1) is 52.4. The van der Waals surface area contributed by atoms with Crippen molar-refractivity contribution >= 4 is 35.3 Å². The van der Waals surface area contributed by atoms with Crippen molar-refractivity contribution in [2.45, 2.75) is 88.8 Å². The zero-order chi connectivity index (χ0) is 49.3. The third-order valence-electron chi connectivity index (χ3n) is 12.5. The van der Waals surface area contributed by atoms with Gasteiger partial charge >= 0.3 is 0 Å². The molecule has 2 aliphatic rings. The molecule has 0 radical (unpaired) electrons. The van der Waals surface area contributed by atoms with Crippen LogP contribution in [0.3, 0.4) is 0 Å². The van der Waals surface area contributed by atoms with Crippen molar-refractivity contribution in [3.05, 3.63) is 69.8 Å². The highest BCUT2D eigenvalue weighted by Crippen LogP contribution is 2.35. The molecule has 3 aromatic carbocycles. The third-order valence-corrected chi connectivity index (χ3v) is 12.5. The van der Waals surface area contributed by atoms with Gasteiger partial charge in [-0.2, -0.15) is 0 Å². The summed E-state index contributed by atoms with van der Waals surface area (Å²) < 4.78 is 32.8. The summed E-state index contributed by atoms with van der Waals surface area (Å²) in [5, 5.41) is 14.7. The van der Waals surface area contributed by atoms with E-state index in [1.807, 2.05) is 0 Å². The van der Waals surface area contributed by atoms with E-state index in [9.17, 15) is 28.8 Å². The monoisotopic (exact) mass is 945 g/mol. The Balaban J connectivity index is 1.12. The van der Waals surface area contributed by atoms with Gasteiger partial charge < -0.3 is 66.5 Å². The van der Waals surface area contributed by atoms with Crippen LogP contribution in [0.25, 0.3) is 0 Å². The molecule has 0 bridgehead atoms. The van der Waals surface area contributed by atoms with Crippen molar-refractivity contribution in [1.29, 1.82) is 0 Å². The van der Waals surface area contributed by atoms with Crippen LogP contribution in [0.15, 0.2) is 36.4 Å². The number of rotatable bonds is 23. The van der Waals surface area contributed by atoms with E-state index in [0.717, 1.165) is 32.1 Å². The lowest BCUT2D eigenvalue weighted by molar-refractivity contribution is 0.0887. The smallest absolute Gasteiger partial charge is 0.255 e. The fourth-order valence-corrected chi connectivity index (χ4v) is 8.82. The second-order valence-electron chi connectivity index (χ2n) is 16.8. The number of hydrogen-bond acceptors (Lipinski definition) is 14. The topological polar surface area (TPSA) is 270 Å². The molecule has 5 amide bonds. The number of Topliss-reactive ketones (excluding diaryl/α,β-unsaturated/α-hetero) is 1. The molecule has 0 atom stereocenters. The summed E-state index contributed by atoms with van der Waals surface area (Å²) in [5.41, 5.74) is 12.4. The van der Waals surface area contributed by atoms with Gasteiger partial charge in [0, 0.05) is 68.9 Å². The normalized spacial score (nSPS) is 17.7. The van der Waals surface area contributed by atoms with Crippen LogP contribution in [-0.2, 0) is 0 Å². The number of ketones is 1. The summed E-state index contributed by atoms with van der Waals surface area (Å²) in [7, 11) is 8.66. The number of carbonyl (C=O) groups excluding carboxylic acids is 6. The first-order valence-corrected chi connectivity index (χ1v) is 23.0. The number of amides is 5. The van der Waals surface area contributed by atoms with Gasteiger partial charge in [-0.05, 0) is 81.9 Å². The lowest BCUT2D eigenvalue weighted by Gasteiger charge is -2.30. The summed E-state index contributed by atoms with van der Waals surface area (Å²) in [6.07, 6.45) is 7.25. The highest BCUT2D eigenvalue weighted by atomic mass is 16.5. The molecule has 0 unspecified atom stereocenters. The molecule has 19 heteroatoms. The minimum Gasteiger partial charge on any atom is -0.496 e. The number of benzene rings is 3. The highest BCUT2D eigenvalue weighted by Gasteiger charge is 2.30. The van der Waals surface area contributed by atoms with Gasteiger partial charge in [0.15, 0.2) is 5.78 Å². The Morgan fingerprint density at radius 2 is 0.735 bits per heavy atom. The average molecular weight is 946 g/mol. The molecule has 0 aliphatic heterocycles. The van der Waals surface area contributed by atoms with E-state index in [-0.39, 0.29) is 119 Å². The standard InChI is InChI=1S/C49H67N7O12/c1-63-39-25-42(66-4)35(47(60)55-30-14-16-31(17-15-30)56-49(62)37-24-34(46(59)53-21-19-51)41(65-3)27-44(37)68-6)22-32(39)38(57)9-7-8-28-10-12-29(13-11-28)54-48(61)36-23-33(45(58)52-20-18-50)40(64-2)26-43(36)67-5/h22-31H,7-21,50-51H2,1-6H3,(H,52,58)(H,53,59)(H,54,61)(H,55,60)(H,56,62). The number of ether oxygens (including phenoxy) is 6. The van der Waals surface area contributed by atoms with E-state index >= 15 is 0 Å². The van der Waals surface area contributed by atoms with Gasteiger partial charge in [-0.1, -0.05) is 6.42 Å². The molecule has 2 fully saturated rings. The fourth-order valence-electron chi connectivity index (χ4n) is 8.82. The lowest BCUT2D eigenvalue weighted by Crippen LogP contribution is -2.44. The van der Waals surface area contributed by atoms with Crippen molar-refractivity contribution in [3.63, 3.8) is 0 Å². The van der Waals surface area contributed by atoms with Gasteiger partial charge in [-0.25, -0.2) is 0 Å². The SMILES string of the molecule is COc1cc(OC)c(C(=O)NC2CCC(NC(=O)c3cc(C(=O)NCCN)c(OC)cc3OC)CC2)cc1C(=O)CCCC1CCC(NC(=O)c2cc(C(=O)NCCN)c(OC)cc2OC)CC1. The molecule has 0 aromatic heterocycles. The van der Waals surface area contributed by atoms with Crippen molar-refractivity contribution in [2.24, 2.45) is 17.4 Å². The van der Waals surface area contributed by atoms with Crippen LogP contribution >= 0.6 is 0 Å². The Hall–Kier alpha value is -6.60. The second kappa shape index (κ2) is 25.5. The minimum absolute atomic E-state index is 0.0711. The van der Waals surface area contributed by atoms with Crippen LogP contribution in [0.4, 0.5) is 0 Å². The maximum atomic E-state index is 13.8. The Kier molecular flexibility index (Phi) is 19.6. The Bertz CT molecular complexity index is 2270. The molecule has 19 nitrogen and oxygen atoms in total. The van der Waals surface area contributed by atoms with Gasteiger partial charge in [0.1, 0.15) is 34.5 Å². The highest BCUT2D eigenvalue weighted by molar-refractivity contribution is 6.05. The van der Waals surface area contributed by atoms with Crippen molar-refractivity contribution in [1.82, 2.24) is 26.6 Å². The van der Waals surface area contributed by atoms with Crippen molar-refractivity contribution in [3.8, 4) is 34.5 Å². The summed E-state index contributed by atoms with van der Waals surface area (Å²) in [6.45, 7) is 1.04. The molecule has 2 saturated carbocycles. The first-order valence-electron chi connectivity index (χ1n) is 23.0. The maximum absolute atomic E-state index is 13.8. The van der Waals surface area contributed by atoms with Crippen molar-refractivity contribution in [2.75, 3.05) is 68.8 Å². The lowest BCUT2D eigenvalue weighted by atomic mass is 9.82. The number of nitrogens with one attached hydrogen (secondary N) is 5. The molecule has 3 aromatic rings. The first-order chi connectivity index (χ1) is 32.8. The molecular formula is C49H67N7O12. The van der Waals surface area contributed by atoms with E-state index in [1.54, 1.807) is 6.07 Å². The number of hydrogen-bond donors (Lipinski definition) is 7. The van der Waals surface area contributed by atoms with Gasteiger partial charge in [0.2, 0.25) is 0 Å². The third kappa shape index (κ3) is 13.3. The largest absolute Gasteiger partial charge is 0.496 e. The predicted octanol–water partition coefficient (Wildman–Crippen LogP) is 3.93. The Morgan fingerprint density at radius 1 is 0.441 bits per heavy atom. The molecule has 0 heterocycles. The number of methoxy groups -OCH3 is 6. The fraction of sp³-hybridized carbons (Fsp3) is 0.510. The molecule has 68 heavy (non-hydrogen) atoms. The van der Waals surface area contributed by atoms with E-state index in [4.69, 9.17) is 39.9 Å². The minimum atomic E-state index is -0.431. The quantitative estimate of drug-likeness (QED) is 0.0665. The molecular weight excluding hydrogens is 879 g/mol. The Morgan fingerprint density at radius 3 is 1.06 bits per heavy atom. The zero-order valence-electron chi connectivity index (χ0n) is 39.9. The van der Waals surface area contributed by atoms with E-state index in [0.29, 0.717) is 49.3 Å². The van der Waals surface area contributed by atoms with Crippen molar-refractivity contribution < 1.29 is 57.2 Å². The van der Waals surface area contributed by atoms with Crippen LogP contribution < -0.4 is 66.5 Å². The van der Waals surface area contributed by atoms with Crippen LogP contribution in [0.2, 0.25) is 0 Å². The molecule has 0 saturated heterocycles. The predicted molar refractivity (Wildman–Crippen MR) is 254 cm³/mol. The molecule has 2 aliphatic carbocycles. The van der Waals surface area contributed by atoms with Crippen LogP contribution in [0.5, 0.6) is 34.5 Å². The molecule has 370 valence electrons. The maximum Gasteiger partial charge on any atom is 0.255 e. The van der Waals surface area contributed by atoms with Gasteiger partial charge in [0.25, 0.3) is 29.5 Å². The van der Waals surface area contributed by atoms with E-state index in [1.165, 1.54) is 73.0 Å². The average Bonchev–Trinajstić information content (AvgIpc) is 3.36. The van der Waals surface area contributed by atoms with Gasteiger partial charge in [-0.3, -0.25) is 28.8 Å². The zero-order valence-corrected chi connectivity index (χ0v) is 39.9. The Labute approximate surface area is 397 Å². The summed E-state index contributed by atoms with van der Waals surface area (Å²) in [5.74, 6) is -0.137. The van der Waals surface area contributed by atoms with Crippen LogP contribution in [0, 0.1) is 5.92 Å². The van der Waals surface area contributed by atoms with Gasteiger partial charge in [-0.15, -0.1) is 0 Å². The molecule has 0 spiro atoms.